The zero-order valence-electron chi connectivity index (χ0n) is 20.2. The number of phenols is 1. The lowest BCUT2D eigenvalue weighted by Gasteiger charge is -2.48. The van der Waals surface area contributed by atoms with E-state index < -0.39 is 82.2 Å². The normalized spacial score (nSPS) is 28.7. The molecule has 1 amide bonds. The average Bonchev–Trinajstić information content (AvgIpc) is 2.85. The van der Waals surface area contributed by atoms with Crippen molar-refractivity contribution in [1.29, 1.82) is 0 Å². The smallest absolute Gasteiger partial charge is 0.416 e. The van der Waals surface area contributed by atoms with Crippen LogP contribution in [0.1, 0.15) is 45.5 Å². The van der Waals surface area contributed by atoms with Gasteiger partial charge in [0.05, 0.1) is 17.0 Å². The summed E-state index contributed by atoms with van der Waals surface area (Å²) in [5.74, 6) is -11.0. The maximum Gasteiger partial charge on any atom is 0.416 e. The van der Waals surface area contributed by atoms with Gasteiger partial charge in [0.1, 0.15) is 5.75 Å². The zero-order chi connectivity index (χ0) is 28.4. The quantitative estimate of drug-likeness (QED) is 0.399. The van der Waals surface area contributed by atoms with Crippen molar-refractivity contribution in [2.24, 2.45) is 29.4 Å². The topological polar surface area (TPSA) is 152 Å². The van der Waals surface area contributed by atoms with Crippen molar-refractivity contribution in [2.45, 2.75) is 31.0 Å². The number of carbonyl (C=O) groups excluding carboxylic acids is 5. The van der Waals surface area contributed by atoms with Gasteiger partial charge < -0.3 is 15.9 Å². The first-order valence-corrected chi connectivity index (χ1v) is 12.1. The summed E-state index contributed by atoms with van der Waals surface area (Å²) in [7, 11) is 0. The lowest BCUT2D eigenvalue weighted by molar-refractivity contribution is -0.175. The van der Waals surface area contributed by atoms with E-state index in [0.717, 1.165) is 12.1 Å². The van der Waals surface area contributed by atoms with E-state index in [1.54, 1.807) is 6.08 Å². The largest absolute Gasteiger partial charge is 0.507 e. The Morgan fingerprint density at radius 3 is 2.26 bits per heavy atom. The fourth-order valence-electron chi connectivity index (χ4n) is 6.12. The third kappa shape index (κ3) is 4.08. The number of amides is 1. The summed E-state index contributed by atoms with van der Waals surface area (Å²) in [4.78, 5) is 64.2. The van der Waals surface area contributed by atoms with Gasteiger partial charge in [-0.15, -0.1) is 0 Å². The number of aliphatic hydroxyl groups is 1. The van der Waals surface area contributed by atoms with Gasteiger partial charge >= 0.3 is 6.18 Å². The highest BCUT2D eigenvalue weighted by molar-refractivity contribution is 6.31. The van der Waals surface area contributed by atoms with Gasteiger partial charge in [-0.25, -0.2) is 0 Å². The van der Waals surface area contributed by atoms with E-state index in [1.807, 2.05) is 0 Å². The molecule has 5 rings (SSSR count). The lowest BCUT2D eigenvalue weighted by atomic mass is 9.53. The van der Waals surface area contributed by atoms with Gasteiger partial charge in [0.15, 0.2) is 34.7 Å². The number of nitrogens with two attached hydrogens (primary N) is 1. The molecule has 3 aliphatic rings. The summed E-state index contributed by atoms with van der Waals surface area (Å²) in [6.45, 7) is 0. The van der Waals surface area contributed by atoms with Crippen molar-refractivity contribution in [3.05, 3.63) is 64.2 Å². The number of hydrogen-bond donors (Lipinski definition) is 3. The fraction of sp³-hybridized carbons (Fsp3) is 0.321. The van der Waals surface area contributed by atoms with Gasteiger partial charge in [0.25, 0.3) is 0 Å². The third-order valence-corrected chi connectivity index (χ3v) is 8.02. The van der Waals surface area contributed by atoms with Crippen molar-refractivity contribution in [2.75, 3.05) is 0 Å². The first-order valence-electron chi connectivity index (χ1n) is 12.1. The summed E-state index contributed by atoms with van der Waals surface area (Å²) in [5.41, 5.74) is 2.81. The Hall–Kier alpha value is -4.12. The molecule has 4 N–H and O–H groups in total. The van der Waals surface area contributed by atoms with Gasteiger partial charge in [0.2, 0.25) is 5.91 Å². The second-order valence-corrected chi connectivity index (χ2v) is 10.2. The molecular formula is C28H22F3NO7. The van der Waals surface area contributed by atoms with Crippen molar-refractivity contribution in [3.8, 4) is 5.75 Å². The Labute approximate surface area is 219 Å². The molecule has 2 fully saturated rings. The molecule has 39 heavy (non-hydrogen) atoms. The third-order valence-electron chi connectivity index (χ3n) is 8.02. The molecule has 0 saturated heterocycles. The molecule has 2 aromatic rings. The summed E-state index contributed by atoms with van der Waals surface area (Å²) >= 11 is 0. The molecule has 11 heteroatoms. The highest BCUT2D eigenvalue weighted by Crippen LogP contribution is 2.50. The van der Waals surface area contributed by atoms with Crippen molar-refractivity contribution in [3.63, 3.8) is 0 Å². The van der Waals surface area contributed by atoms with Gasteiger partial charge in [-0.1, -0.05) is 30.4 Å². The van der Waals surface area contributed by atoms with Crippen molar-refractivity contribution in [1.82, 2.24) is 0 Å². The Balaban J connectivity index is 1.50. The number of primary amides is 1. The average molecular weight is 541 g/mol. The molecule has 2 unspecified atom stereocenters. The van der Waals surface area contributed by atoms with Gasteiger partial charge in [0, 0.05) is 12.3 Å². The zero-order valence-corrected chi connectivity index (χ0v) is 20.2. The van der Waals surface area contributed by atoms with Crippen molar-refractivity contribution < 1.29 is 47.4 Å². The van der Waals surface area contributed by atoms with Crippen LogP contribution in [-0.4, -0.2) is 44.9 Å². The van der Waals surface area contributed by atoms with Crippen LogP contribution < -0.4 is 5.73 Å². The number of alkyl halides is 3. The molecule has 0 aliphatic heterocycles. The van der Waals surface area contributed by atoms with E-state index in [4.69, 9.17) is 5.73 Å². The number of rotatable bonds is 3. The Morgan fingerprint density at radius 1 is 0.974 bits per heavy atom. The van der Waals surface area contributed by atoms with Crippen LogP contribution in [0.2, 0.25) is 0 Å². The SMILES string of the molecule is NC(=O)C1C(=O)C[C@@H]2C[C@@H]3Cc4c(/C=C/c5ccc(C(F)(F)F)cc5)ccc(O)c4C(=O)C3C(=O)[C@]2(O)C1=O. The first-order chi connectivity index (χ1) is 18.2. The molecule has 0 bridgehead atoms. The monoisotopic (exact) mass is 541 g/mol. The molecule has 3 aliphatic carbocycles. The van der Waals surface area contributed by atoms with Crippen LogP contribution in [0, 0.1) is 23.7 Å². The van der Waals surface area contributed by atoms with E-state index in [1.165, 1.54) is 30.3 Å². The number of ketones is 4. The summed E-state index contributed by atoms with van der Waals surface area (Å²) < 4.78 is 38.6. The standard InChI is InChI=1S/C28H22F3NO7/c29-28(30,31)15-6-2-12(3-7-15)1-4-13-5-8-18(33)21-17(13)10-14-9-16-11-19(34)22(26(32)38)25(37)27(16,39)24(36)20(14)23(21)35/h1-8,14,16,20,22,33,39H,9-11H2,(H2,32,38)/b4-1+/t14-,16+,20?,22?,27+/m1/s1. The molecule has 0 radical (unpaired) electrons. The molecule has 2 aromatic carbocycles. The number of aromatic hydroxyl groups is 1. The van der Waals surface area contributed by atoms with Crippen LogP contribution >= 0.6 is 0 Å². The molecule has 0 heterocycles. The predicted molar refractivity (Wildman–Crippen MR) is 129 cm³/mol. The van der Waals surface area contributed by atoms with Crippen molar-refractivity contribution >= 4 is 41.2 Å². The number of hydrogen-bond acceptors (Lipinski definition) is 7. The fourth-order valence-corrected chi connectivity index (χ4v) is 6.12. The number of benzene rings is 2. The first kappa shape index (κ1) is 26.5. The maximum absolute atomic E-state index is 13.6. The summed E-state index contributed by atoms with van der Waals surface area (Å²) in [6, 6.07) is 7.19. The van der Waals surface area contributed by atoms with E-state index in [-0.39, 0.29) is 18.4 Å². The molecule has 5 atom stereocenters. The van der Waals surface area contributed by atoms with E-state index >= 15 is 0 Å². The van der Waals surface area contributed by atoms with Crippen LogP contribution in [0.25, 0.3) is 12.2 Å². The number of halogens is 3. The van der Waals surface area contributed by atoms with E-state index in [9.17, 15) is 47.4 Å². The Morgan fingerprint density at radius 2 is 1.64 bits per heavy atom. The molecule has 0 spiro atoms. The molecule has 0 aromatic heterocycles. The predicted octanol–water partition coefficient (Wildman–Crippen LogP) is 2.52. The Bertz CT molecular complexity index is 1480. The molecular weight excluding hydrogens is 519 g/mol. The number of carbonyl (C=O) groups is 5. The van der Waals surface area contributed by atoms with E-state index in [2.05, 4.69) is 0 Å². The molecule has 202 valence electrons. The van der Waals surface area contributed by atoms with Crippen LogP contribution in [0.5, 0.6) is 5.75 Å². The highest BCUT2D eigenvalue weighted by atomic mass is 19.4. The second kappa shape index (κ2) is 8.98. The van der Waals surface area contributed by atoms with Crippen LogP contribution in [0.15, 0.2) is 36.4 Å². The van der Waals surface area contributed by atoms with Gasteiger partial charge in [-0.3, -0.25) is 24.0 Å². The van der Waals surface area contributed by atoms with Crippen LogP contribution in [0.4, 0.5) is 13.2 Å². The number of fused-ring (bicyclic) bond motifs is 3. The lowest BCUT2D eigenvalue weighted by Crippen LogP contribution is -2.68. The van der Waals surface area contributed by atoms with Gasteiger partial charge in [-0.2, -0.15) is 13.2 Å². The minimum absolute atomic E-state index is 0.0429. The number of Topliss-reactive ketones (excluding diaryl/α,β-unsaturated/α-hetero) is 4. The minimum atomic E-state index is -4.48. The molecule has 2 saturated carbocycles. The minimum Gasteiger partial charge on any atom is -0.507 e. The van der Waals surface area contributed by atoms with Crippen LogP contribution in [0.3, 0.4) is 0 Å². The van der Waals surface area contributed by atoms with Gasteiger partial charge in [-0.05, 0) is 53.6 Å². The van der Waals surface area contributed by atoms with Crippen LogP contribution in [-0.2, 0) is 31.8 Å². The summed E-state index contributed by atoms with van der Waals surface area (Å²) in [6.07, 6.45) is -1.76. The maximum atomic E-state index is 13.6. The molecule has 8 nitrogen and oxygen atoms in total. The van der Waals surface area contributed by atoms with E-state index in [0.29, 0.717) is 16.7 Å². The highest BCUT2D eigenvalue weighted by Gasteiger charge is 2.66. The summed E-state index contributed by atoms with van der Waals surface area (Å²) in [5, 5.41) is 21.7. The number of phenolic OH excluding ortho intramolecular Hbond substituents is 1. The Kier molecular flexibility index (Phi) is 6.10. The second-order valence-electron chi connectivity index (χ2n) is 10.2.